The predicted octanol–water partition coefficient (Wildman–Crippen LogP) is 0.519. The standard InChI is InChI=1S/C11H10BrFN2O4/c12-6-2-1-3-7(13)10(6)11(19)15-4-8(16)14-5-9(17)18/h1-3H,4-5H2,(H,14,16)(H,15,19)(H,17,18). The minimum atomic E-state index is -1.20. The summed E-state index contributed by atoms with van der Waals surface area (Å²) in [5.41, 5.74) is -0.214. The molecule has 0 aliphatic heterocycles. The number of carbonyl (C=O) groups excluding carboxylic acids is 2. The molecule has 0 aliphatic carbocycles. The van der Waals surface area contributed by atoms with Crippen molar-refractivity contribution in [2.75, 3.05) is 13.1 Å². The van der Waals surface area contributed by atoms with Crippen molar-refractivity contribution >= 4 is 33.7 Å². The van der Waals surface area contributed by atoms with Gasteiger partial charge in [0.25, 0.3) is 5.91 Å². The van der Waals surface area contributed by atoms with Gasteiger partial charge in [-0.3, -0.25) is 14.4 Å². The highest BCUT2D eigenvalue weighted by molar-refractivity contribution is 9.10. The summed E-state index contributed by atoms with van der Waals surface area (Å²) < 4.78 is 13.7. The van der Waals surface area contributed by atoms with E-state index in [0.717, 1.165) is 6.07 Å². The zero-order valence-electron chi connectivity index (χ0n) is 9.57. The van der Waals surface area contributed by atoms with E-state index in [9.17, 15) is 18.8 Å². The number of carboxylic acid groups (broad SMARTS) is 1. The molecule has 6 nitrogen and oxygen atoms in total. The van der Waals surface area contributed by atoms with Crippen molar-refractivity contribution in [2.45, 2.75) is 0 Å². The van der Waals surface area contributed by atoms with Gasteiger partial charge in [-0.15, -0.1) is 0 Å². The van der Waals surface area contributed by atoms with Crippen LogP contribution >= 0.6 is 15.9 Å². The summed E-state index contributed by atoms with van der Waals surface area (Å²) >= 11 is 3.03. The molecule has 1 rings (SSSR count). The number of halogens is 2. The second-order valence-corrected chi connectivity index (χ2v) is 4.30. The Morgan fingerprint density at radius 1 is 1.21 bits per heavy atom. The molecule has 0 aromatic heterocycles. The van der Waals surface area contributed by atoms with Gasteiger partial charge >= 0.3 is 5.97 Å². The Hall–Kier alpha value is -1.96. The summed E-state index contributed by atoms with van der Waals surface area (Å²) in [6.45, 7) is -0.981. The summed E-state index contributed by atoms with van der Waals surface area (Å²) in [7, 11) is 0. The molecule has 19 heavy (non-hydrogen) atoms. The molecule has 0 fully saturated rings. The number of hydrogen-bond acceptors (Lipinski definition) is 3. The molecule has 0 atom stereocenters. The Morgan fingerprint density at radius 3 is 2.47 bits per heavy atom. The molecule has 0 saturated heterocycles. The molecule has 0 radical (unpaired) electrons. The van der Waals surface area contributed by atoms with Crippen LogP contribution in [0.1, 0.15) is 10.4 Å². The minimum absolute atomic E-state index is 0.214. The number of aliphatic carboxylic acids is 1. The van der Waals surface area contributed by atoms with Gasteiger partial charge in [-0.2, -0.15) is 0 Å². The van der Waals surface area contributed by atoms with E-state index in [2.05, 4.69) is 26.6 Å². The Bertz CT molecular complexity index is 501. The molecule has 3 N–H and O–H groups in total. The van der Waals surface area contributed by atoms with Crippen LogP contribution in [0.3, 0.4) is 0 Å². The maximum Gasteiger partial charge on any atom is 0.322 e. The number of rotatable bonds is 5. The Morgan fingerprint density at radius 2 is 1.89 bits per heavy atom. The van der Waals surface area contributed by atoms with E-state index < -0.39 is 36.7 Å². The van der Waals surface area contributed by atoms with Gasteiger partial charge in [-0.25, -0.2) is 4.39 Å². The van der Waals surface area contributed by atoms with Crippen molar-refractivity contribution < 1.29 is 23.9 Å². The van der Waals surface area contributed by atoms with Gasteiger partial charge in [0.05, 0.1) is 12.1 Å². The quantitative estimate of drug-likeness (QED) is 0.732. The highest BCUT2D eigenvalue weighted by atomic mass is 79.9. The Kier molecular flexibility index (Phi) is 5.43. The first-order valence-electron chi connectivity index (χ1n) is 5.12. The lowest BCUT2D eigenvalue weighted by Crippen LogP contribution is -2.39. The fourth-order valence-electron chi connectivity index (χ4n) is 1.20. The van der Waals surface area contributed by atoms with Crippen LogP contribution in [0.5, 0.6) is 0 Å². The molecular formula is C11H10BrFN2O4. The lowest BCUT2D eigenvalue weighted by Gasteiger charge is -2.07. The highest BCUT2D eigenvalue weighted by Gasteiger charge is 2.16. The smallest absolute Gasteiger partial charge is 0.322 e. The van der Waals surface area contributed by atoms with Crippen LogP contribution in [0.4, 0.5) is 4.39 Å². The zero-order chi connectivity index (χ0) is 14.4. The number of carboxylic acids is 1. The summed E-state index contributed by atoms with van der Waals surface area (Å²) in [5.74, 6) is -3.37. The molecule has 2 amide bonds. The highest BCUT2D eigenvalue weighted by Crippen LogP contribution is 2.19. The van der Waals surface area contributed by atoms with Crippen LogP contribution in [0.15, 0.2) is 22.7 Å². The van der Waals surface area contributed by atoms with E-state index in [4.69, 9.17) is 5.11 Å². The first kappa shape index (κ1) is 15.1. The number of hydrogen-bond donors (Lipinski definition) is 3. The Balaban J connectivity index is 2.56. The second-order valence-electron chi connectivity index (χ2n) is 3.45. The van der Waals surface area contributed by atoms with Gasteiger partial charge in [0, 0.05) is 4.47 Å². The normalized spacial score (nSPS) is 9.79. The van der Waals surface area contributed by atoms with E-state index >= 15 is 0 Å². The van der Waals surface area contributed by atoms with E-state index in [1.54, 1.807) is 0 Å². The molecule has 102 valence electrons. The average Bonchev–Trinajstić information content (AvgIpc) is 2.33. The third-order valence-corrected chi connectivity index (χ3v) is 2.70. The van der Waals surface area contributed by atoms with E-state index in [1.807, 2.05) is 0 Å². The van der Waals surface area contributed by atoms with Crippen LogP contribution in [0.25, 0.3) is 0 Å². The summed E-state index contributed by atoms with van der Waals surface area (Å²) in [5, 5.41) is 12.6. The lowest BCUT2D eigenvalue weighted by atomic mass is 10.2. The van der Waals surface area contributed by atoms with E-state index in [-0.39, 0.29) is 10.0 Å². The summed E-state index contributed by atoms with van der Waals surface area (Å²) in [6.07, 6.45) is 0. The lowest BCUT2D eigenvalue weighted by molar-refractivity contribution is -0.137. The van der Waals surface area contributed by atoms with Crippen LogP contribution in [0.2, 0.25) is 0 Å². The summed E-state index contributed by atoms with van der Waals surface area (Å²) in [6, 6.07) is 4.03. The van der Waals surface area contributed by atoms with Gasteiger partial charge in [-0.05, 0) is 28.1 Å². The van der Waals surface area contributed by atoms with Crippen molar-refractivity contribution in [3.63, 3.8) is 0 Å². The average molecular weight is 333 g/mol. The van der Waals surface area contributed by atoms with Crippen LogP contribution in [0, 0.1) is 5.82 Å². The van der Waals surface area contributed by atoms with Crippen molar-refractivity contribution in [3.8, 4) is 0 Å². The number of benzene rings is 1. The largest absolute Gasteiger partial charge is 0.480 e. The molecule has 0 saturated carbocycles. The zero-order valence-corrected chi connectivity index (χ0v) is 11.2. The second kappa shape index (κ2) is 6.83. The monoisotopic (exact) mass is 332 g/mol. The first-order valence-corrected chi connectivity index (χ1v) is 5.92. The fourth-order valence-corrected chi connectivity index (χ4v) is 1.72. The molecule has 1 aromatic carbocycles. The Labute approximate surface area is 116 Å². The van der Waals surface area contributed by atoms with Crippen molar-refractivity contribution in [1.29, 1.82) is 0 Å². The molecule has 0 aliphatic rings. The van der Waals surface area contributed by atoms with Crippen molar-refractivity contribution in [1.82, 2.24) is 10.6 Å². The van der Waals surface area contributed by atoms with Crippen molar-refractivity contribution in [2.24, 2.45) is 0 Å². The number of amides is 2. The molecule has 8 heteroatoms. The van der Waals surface area contributed by atoms with Gasteiger partial charge in [0.2, 0.25) is 5.91 Å². The number of nitrogens with one attached hydrogen (secondary N) is 2. The predicted molar refractivity (Wildman–Crippen MR) is 67.1 cm³/mol. The van der Waals surface area contributed by atoms with Crippen LogP contribution in [-0.2, 0) is 9.59 Å². The fraction of sp³-hybridized carbons (Fsp3) is 0.182. The topological polar surface area (TPSA) is 95.5 Å². The minimum Gasteiger partial charge on any atom is -0.480 e. The first-order chi connectivity index (χ1) is 8.91. The van der Waals surface area contributed by atoms with Gasteiger partial charge in [0.1, 0.15) is 12.4 Å². The van der Waals surface area contributed by atoms with Crippen LogP contribution in [-0.4, -0.2) is 36.0 Å². The molecule has 0 spiro atoms. The third kappa shape index (κ3) is 4.66. The molecular weight excluding hydrogens is 323 g/mol. The van der Waals surface area contributed by atoms with Gasteiger partial charge in [-0.1, -0.05) is 6.07 Å². The maximum absolute atomic E-state index is 13.4. The SMILES string of the molecule is O=C(O)CNC(=O)CNC(=O)c1c(F)cccc1Br. The van der Waals surface area contributed by atoms with Crippen molar-refractivity contribution in [3.05, 3.63) is 34.1 Å². The molecule has 0 heterocycles. The van der Waals surface area contributed by atoms with E-state index in [1.165, 1.54) is 12.1 Å². The third-order valence-electron chi connectivity index (χ3n) is 2.04. The maximum atomic E-state index is 13.4. The molecule has 0 unspecified atom stereocenters. The molecule has 1 aromatic rings. The summed E-state index contributed by atoms with van der Waals surface area (Å²) in [4.78, 5) is 33.0. The van der Waals surface area contributed by atoms with Gasteiger partial charge < -0.3 is 15.7 Å². The van der Waals surface area contributed by atoms with Crippen LogP contribution < -0.4 is 10.6 Å². The van der Waals surface area contributed by atoms with E-state index in [0.29, 0.717) is 0 Å². The van der Waals surface area contributed by atoms with Gasteiger partial charge in [0.15, 0.2) is 0 Å². The number of carbonyl (C=O) groups is 3. The molecule has 0 bridgehead atoms.